The Kier molecular flexibility index (Phi) is 4.43. The van der Waals surface area contributed by atoms with Gasteiger partial charge >= 0.3 is 0 Å². The molecule has 1 N–H and O–H groups in total. The van der Waals surface area contributed by atoms with Gasteiger partial charge in [0.1, 0.15) is 11.6 Å². The molecule has 4 nitrogen and oxygen atoms in total. The SMILES string of the molecule is Fc1cncc(-c2cnc(NCc3ccc(Cl)c(F)c3)nc2)c1. The highest BCUT2D eigenvalue weighted by Gasteiger charge is 2.04. The number of aromatic nitrogens is 3. The number of anilines is 1. The van der Waals surface area contributed by atoms with Crippen molar-refractivity contribution in [2.45, 2.75) is 6.54 Å². The zero-order chi connectivity index (χ0) is 16.2. The van der Waals surface area contributed by atoms with E-state index < -0.39 is 11.6 Å². The average molecular weight is 333 g/mol. The van der Waals surface area contributed by atoms with Gasteiger partial charge in [-0.2, -0.15) is 0 Å². The zero-order valence-electron chi connectivity index (χ0n) is 11.8. The molecule has 3 aromatic rings. The summed E-state index contributed by atoms with van der Waals surface area (Å²) in [4.78, 5) is 12.1. The van der Waals surface area contributed by atoms with Gasteiger partial charge < -0.3 is 5.32 Å². The van der Waals surface area contributed by atoms with Crippen LogP contribution in [0.2, 0.25) is 5.02 Å². The molecule has 0 saturated heterocycles. The molecule has 2 heterocycles. The summed E-state index contributed by atoms with van der Waals surface area (Å²) in [5.74, 6) is -0.510. The van der Waals surface area contributed by atoms with E-state index in [0.29, 0.717) is 29.2 Å². The number of hydrogen-bond acceptors (Lipinski definition) is 4. The largest absolute Gasteiger partial charge is 0.350 e. The summed E-state index contributed by atoms with van der Waals surface area (Å²) < 4.78 is 26.5. The number of rotatable bonds is 4. The molecule has 0 aliphatic heterocycles. The quantitative estimate of drug-likeness (QED) is 0.782. The predicted octanol–water partition coefficient (Wildman–Crippen LogP) is 4.08. The molecule has 23 heavy (non-hydrogen) atoms. The van der Waals surface area contributed by atoms with E-state index in [4.69, 9.17) is 11.6 Å². The van der Waals surface area contributed by atoms with Gasteiger partial charge in [0.25, 0.3) is 0 Å². The fourth-order valence-electron chi connectivity index (χ4n) is 1.97. The van der Waals surface area contributed by atoms with E-state index in [1.54, 1.807) is 18.5 Å². The maximum atomic E-state index is 13.4. The van der Waals surface area contributed by atoms with Crippen molar-refractivity contribution in [3.05, 3.63) is 71.3 Å². The summed E-state index contributed by atoms with van der Waals surface area (Å²) in [6.07, 6.45) is 5.79. The third kappa shape index (κ3) is 3.78. The first-order valence-electron chi connectivity index (χ1n) is 6.72. The van der Waals surface area contributed by atoms with E-state index in [-0.39, 0.29) is 5.02 Å². The molecule has 0 aliphatic rings. The Morgan fingerprint density at radius 1 is 0.957 bits per heavy atom. The van der Waals surface area contributed by atoms with Crippen LogP contribution in [0, 0.1) is 11.6 Å². The highest BCUT2D eigenvalue weighted by atomic mass is 35.5. The molecule has 3 rings (SSSR count). The number of pyridine rings is 1. The summed E-state index contributed by atoms with van der Waals surface area (Å²) in [7, 11) is 0. The number of nitrogens with zero attached hydrogens (tertiary/aromatic N) is 3. The number of benzene rings is 1. The lowest BCUT2D eigenvalue weighted by Crippen LogP contribution is -2.03. The highest BCUT2D eigenvalue weighted by Crippen LogP contribution is 2.19. The monoisotopic (exact) mass is 332 g/mol. The van der Waals surface area contributed by atoms with E-state index in [1.165, 1.54) is 24.4 Å². The third-order valence-electron chi connectivity index (χ3n) is 3.12. The minimum Gasteiger partial charge on any atom is -0.350 e. The van der Waals surface area contributed by atoms with E-state index in [9.17, 15) is 8.78 Å². The van der Waals surface area contributed by atoms with Gasteiger partial charge in [0, 0.05) is 36.3 Å². The van der Waals surface area contributed by atoms with Crippen LogP contribution in [0.15, 0.2) is 49.1 Å². The first-order chi connectivity index (χ1) is 11.1. The summed E-state index contributed by atoms with van der Waals surface area (Å²) in [6, 6.07) is 5.91. The van der Waals surface area contributed by atoms with E-state index in [0.717, 1.165) is 6.20 Å². The van der Waals surface area contributed by atoms with Gasteiger partial charge in [-0.3, -0.25) is 4.98 Å². The Hall–Kier alpha value is -2.60. The van der Waals surface area contributed by atoms with E-state index in [2.05, 4.69) is 20.3 Å². The van der Waals surface area contributed by atoms with Crippen molar-refractivity contribution in [2.75, 3.05) is 5.32 Å². The van der Waals surface area contributed by atoms with Crippen molar-refractivity contribution in [2.24, 2.45) is 0 Å². The molecule has 7 heteroatoms. The van der Waals surface area contributed by atoms with Crippen molar-refractivity contribution in [1.82, 2.24) is 15.0 Å². The van der Waals surface area contributed by atoms with Crippen LogP contribution in [-0.2, 0) is 6.54 Å². The Morgan fingerprint density at radius 2 is 1.74 bits per heavy atom. The fourth-order valence-corrected chi connectivity index (χ4v) is 2.09. The van der Waals surface area contributed by atoms with Gasteiger partial charge in [0.2, 0.25) is 5.95 Å². The van der Waals surface area contributed by atoms with Crippen molar-refractivity contribution < 1.29 is 8.78 Å². The van der Waals surface area contributed by atoms with Crippen LogP contribution in [0.3, 0.4) is 0 Å². The molecule has 0 saturated carbocycles. The first kappa shape index (κ1) is 15.3. The van der Waals surface area contributed by atoms with Crippen molar-refractivity contribution in [1.29, 1.82) is 0 Å². The van der Waals surface area contributed by atoms with Gasteiger partial charge in [0.05, 0.1) is 11.2 Å². The standard InChI is InChI=1S/C16H11ClF2N4/c17-14-2-1-10(3-15(14)19)5-21-16-22-7-12(8-23-16)11-4-13(18)9-20-6-11/h1-4,6-9H,5H2,(H,21,22,23). The molecular weight excluding hydrogens is 322 g/mol. The minimum absolute atomic E-state index is 0.0815. The highest BCUT2D eigenvalue weighted by molar-refractivity contribution is 6.30. The molecule has 0 radical (unpaired) electrons. The molecule has 2 aromatic heterocycles. The third-order valence-corrected chi connectivity index (χ3v) is 3.43. The lowest BCUT2D eigenvalue weighted by atomic mass is 10.1. The lowest BCUT2D eigenvalue weighted by molar-refractivity contribution is 0.622. The maximum absolute atomic E-state index is 13.4. The Balaban J connectivity index is 1.69. The second-order valence-electron chi connectivity index (χ2n) is 4.79. The topological polar surface area (TPSA) is 50.7 Å². The molecule has 0 fully saturated rings. The van der Waals surface area contributed by atoms with Crippen molar-refractivity contribution in [3.63, 3.8) is 0 Å². The molecule has 0 bridgehead atoms. The van der Waals surface area contributed by atoms with Crippen LogP contribution in [0.5, 0.6) is 0 Å². The maximum Gasteiger partial charge on any atom is 0.222 e. The Morgan fingerprint density at radius 3 is 2.43 bits per heavy atom. The summed E-state index contributed by atoms with van der Waals surface area (Å²) in [5.41, 5.74) is 1.96. The summed E-state index contributed by atoms with van der Waals surface area (Å²) >= 11 is 5.63. The smallest absolute Gasteiger partial charge is 0.222 e. The van der Waals surface area contributed by atoms with E-state index >= 15 is 0 Å². The van der Waals surface area contributed by atoms with Crippen molar-refractivity contribution in [3.8, 4) is 11.1 Å². The molecule has 0 spiro atoms. The summed E-state index contributed by atoms with van der Waals surface area (Å²) in [5, 5.41) is 3.06. The normalized spacial score (nSPS) is 10.6. The van der Waals surface area contributed by atoms with Crippen LogP contribution in [-0.4, -0.2) is 15.0 Å². The first-order valence-corrected chi connectivity index (χ1v) is 7.10. The van der Waals surface area contributed by atoms with Crippen LogP contribution < -0.4 is 5.32 Å². The molecule has 0 aliphatic carbocycles. The molecule has 0 atom stereocenters. The molecular formula is C16H11ClF2N4. The second-order valence-corrected chi connectivity index (χ2v) is 5.20. The van der Waals surface area contributed by atoms with Crippen LogP contribution in [0.4, 0.5) is 14.7 Å². The number of hydrogen-bond donors (Lipinski definition) is 1. The number of halogens is 3. The molecule has 116 valence electrons. The Bertz CT molecular complexity index is 825. The Labute approximate surface area is 136 Å². The minimum atomic E-state index is -0.471. The van der Waals surface area contributed by atoms with E-state index in [1.807, 2.05) is 0 Å². The molecule has 0 amide bonds. The zero-order valence-corrected chi connectivity index (χ0v) is 12.6. The predicted molar refractivity (Wildman–Crippen MR) is 84.0 cm³/mol. The van der Waals surface area contributed by atoms with Crippen molar-refractivity contribution >= 4 is 17.5 Å². The van der Waals surface area contributed by atoms with Gasteiger partial charge in [-0.25, -0.2) is 18.7 Å². The van der Waals surface area contributed by atoms with Crippen LogP contribution in [0.1, 0.15) is 5.56 Å². The lowest BCUT2D eigenvalue weighted by Gasteiger charge is -2.06. The second kappa shape index (κ2) is 6.66. The summed E-state index contributed by atoms with van der Waals surface area (Å²) in [6.45, 7) is 0.356. The van der Waals surface area contributed by atoms with Crippen LogP contribution in [0.25, 0.3) is 11.1 Å². The van der Waals surface area contributed by atoms with Gasteiger partial charge in [-0.15, -0.1) is 0 Å². The molecule has 1 aromatic carbocycles. The average Bonchev–Trinajstić information content (AvgIpc) is 2.56. The van der Waals surface area contributed by atoms with Gasteiger partial charge in [-0.05, 0) is 23.8 Å². The fraction of sp³-hybridized carbons (Fsp3) is 0.0625. The van der Waals surface area contributed by atoms with Crippen LogP contribution >= 0.6 is 11.6 Å². The van der Waals surface area contributed by atoms with Gasteiger partial charge in [-0.1, -0.05) is 17.7 Å². The molecule has 0 unspecified atom stereocenters. The van der Waals surface area contributed by atoms with Gasteiger partial charge in [0.15, 0.2) is 0 Å². The number of nitrogens with one attached hydrogen (secondary N) is 1.